The maximum absolute atomic E-state index is 13.1. The number of rotatable bonds is 8. The molecule has 2 aromatic carbocycles. The van der Waals surface area contributed by atoms with Crippen LogP contribution in [-0.2, 0) is 14.3 Å². The Hall–Kier alpha value is -3.39. The van der Waals surface area contributed by atoms with Crippen LogP contribution in [-0.4, -0.2) is 69.0 Å². The number of carbonyl (C=O) groups excluding carboxylic acids is 2. The van der Waals surface area contributed by atoms with Crippen LogP contribution in [0.25, 0.3) is 0 Å². The molecule has 0 N–H and O–H groups in total. The average molecular weight is 425 g/mol. The van der Waals surface area contributed by atoms with Gasteiger partial charge in [-0.25, -0.2) is 5.01 Å². The lowest BCUT2D eigenvalue weighted by atomic mass is 9.97. The van der Waals surface area contributed by atoms with Gasteiger partial charge in [0.15, 0.2) is 0 Å². The van der Waals surface area contributed by atoms with Crippen molar-refractivity contribution in [3.63, 3.8) is 0 Å². The lowest BCUT2D eigenvalue weighted by Gasteiger charge is -2.25. The van der Waals surface area contributed by atoms with E-state index in [-0.39, 0.29) is 31.0 Å². The van der Waals surface area contributed by atoms with Crippen molar-refractivity contribution < 1.29 is 23.8 Å². The maximum atomic E-state index is 13.1. The minimum absolute atomic E-state index is 0.0833. The summed E-state index contributed by atoms with van der Waals surface area (Å²) < 4.78 is 15.6. The summed E-state index contributed by atoms with van der Waals surface area (Å²) in [4.78, 5) is 26.5. The predicted octanol–water partition coefficient (Wildman–Crippen LogP) is 2.49. The molecule has 0 radical (unpaired) electrons. The van der Waals surface area contributed by atoms with E-state index in [1.165, 1.54) is 17.0 Å². The summed E-state index contributed by atoms with van der Waals surface area (Å²) in [5.41, 5.74) is 2.54. The minimum Gasteiger partial charge on any atom is -0.497 e. The van der Waals surface area contributed by atoms with Crippen molar-refractivity contribution in [1.29, 1.82) is 0 Å². The van der Waals surface area contributed by atoms with E-state index in [2.05, 4.69) is 5.10 Å². The molecule has 0 aromatic heterocycles. The number of hydrogen-bond acceptors (Lipinski definition) is 6. The van der Waals surface area contributed by atoms with E-state index < -0.39 is 0 Å². The molecule has 3 rings (SSSR count). The molecular weight excluding hydrogens is 398 g/mol. The van der Waals surface area contributed by atoms with E-state index in [1.54, 1.807) is 21.3 Å². The molecule has 1 heterocycles. The highest BCUT2D eigenvalue weighted by Gasteiger charge is 2.35. The second kappa shape index (κ2) is 10.1. The normalized spacial score (nSPS) is 15.4. The summed E-state index contributed by atoms with van der Waals surface area (Å²) in [7, 11) is 6.22. The van der Waals surface area contributed by atoms with Crippen molar-refractivity contribution in [2.24, 2.45) is 5.10 Å². The highest BCUT2D eigenvalue weighted by molar-refractivity contribution is 6.03. The molecule has 0 bridgehead atoms. The predicted molar refractivity (Wildman–Crippen MR) is 116 cm³/mol. The van der Waals surface area contributed by atoms with Crippen molar-refractivity contribution in [2.45, 2.75) is 12.5 Å². The van der Waals surface area contributed by atoms with Crippen LogP contribution in [0.2, 0.25) is 0 Å². The molecule has 164 valence electrons. The van der Waals surface area contributed by atoms with Gasteiger partial charge in [-0.1, -0.05) is 18.2 Å². The first-order valence-corrected chi connectivity index (χ1v) is 9.88. The molecule has 1 unspecified atom stereocenters. The van der Waals surface area contributed by atoms with Crippen LogP contribution in [0.5, 0.6) is 11.5 Å². The smallest absolute Gasteiger partial charge is 0.262 e. The van der Waals surface area contributed by atoms with Gasteiger partial charge >= 0.3 is 0 Å². The van der Waals surface area contributed by atoms with Gasteiger partial charge in [0.2, 0.25) is 5.91 Å². The second-order valence-corrected chi connectivity index (χ2v) is 7.16. The Morgan fingerprint density at radius 3 is 2.42 bits per heavy atom. The van der Waals surface area contributed by atoms with Gasteiger partial charge in [-0.2, -0.15) is 5.10 Å². The fraction of sp³-hybridized carbons (Fsp3) is 0.348. The number of likely N-dealkylation sites (N-methyl/N-ethyl adjacent to an activating group) is 1. The molecule has 0 saturated carbocycles. The van der Waals surface area contributed by atoms with E-state index in [0.29, 0.717) is 12.2 Å². The maximum Gasteiger partial charge on any atom is 0.262 e. The molecule has 0 spiro atoms. The Bertz CT molecular complexity index is 958. The molecule has 2 amide bonds. The van der Waals surface area contributed by atoms with Gasteiger partial charge in [-0.15, -0.1) is 0 Å². The van der Waals surface area contributed by atoms with Gasteiger partial charge in [0.25, 0.3) is 5.91 Å². The van der Waals surface area contributed by atoms with Crippen LogP contribution in [0.3, 0.4) is 0 Å². The lowest BCUT2D eigenvalue weighted by molar-refractivity contribution is -0.142. The van der Waals surface area contributed by atoms with Crippen LogP contribution in [0.4, 0.5) is 0 Å². The minimum atomic E-state index is -0.341. The summed E-state index contributed by atoms with van der Waals surface area (Å²) >= 11 is 0. The standard InChI is InChI=1S/C23H27N3O5/c1-25(23(28)15-29-2)14-22(27)26-20(18-7-5-6-8-21(18)31-4)13-19(24-26)16-9-11-17(30-3)12-10-16/h5-12,20H,13-15H2,1-4H3. The Balaban J connectivity index is 1.91. The monoisotopic (exact) mass is 425 g/mol. The van der Waals surface area contributed by atoms with Crippen molar-refractivity contribution >= 4 is 17.5 Å². The van der Waals surface area contributed by atoms with E-state index in [4.69, 9.17) is 14.2 Å². The second-order valence-electron chi connectivity index (χ2n) is 7.16. The van der Waals surface area contributed by atoms with Crippen LogP contribution in [0.1, 0.15) is 23.6 Å². The number of amides is 2. The fourth-order valence-corrected chi connectivity index (χ4v) is 3.48. The Labute approximate surface area is 182 Å². The fourth-order valence-electron chi connectivity index (χ4n) is 3.48. The quantitative estimate of drug-likeness (QED) is 0.649. The van der Waals surface area contributed by atoms with E-state index >= 15 is 0 Å². The molecule has 0 aliphatic carbocycles. The lowest BCUT2D eigenvalue weighted by Crippen LogP contribution is -2.40. The molecular formula is C23H27N3O5. The van der Waals surface area contributed by atoms with Gasteiger partial charge in [0.05, 0.1) is 26.0 Å². The topological polar surface area (TPSA) is 80.7 Å². The number of para-hydroxylation sites is 1. The Morgan fingerprint density at radius 1 is 1.06 bits per heavy atom. The first kappa shape index (κ1) is 22.3. The van der Waals surface area contributed by atoms with Crippen molar-refractivity contribution in [3.8, 4) is 11.5 Å². The van der Waals surface area contributed by atoms with Crippen LogP contribution in [0, 0.1) is 0 Å². The largest absolute Gasteiger partial charge is 0.497 e. The third-order valence-corrected chi connectivity index (χ3v) is 5.15. The molecule has 1 aliphatic heterocycles. The Kier molecular flexibility index (Phi) is 7.25. The molecule has 8 nitrogen and oxygen atoms in total. The molecule has 0 saturated heterocycles. The van der Waals surface area contributed by atoms with E-state index in [0.717, 1.165) is 22.6 Å². The molecule has 0 fully saturated rings. The van der Waals surface area contributed by atoms with Gasteiger partial charge in [-0.3, -0.25) is 9.59 Å². The number of hydrazone groups is 1. The average Bonchev–Trinajstić information content (AvgIpc) is 3.24. The summed E-state index contributed by atoms with van der Waals surface area (Å²) in [6.45, 7) is -0.187. The molecule has 8 heteroatoms. The van der Waals surface area contributed by atoms with Crippen molar-refractivity contribution in [1.82, 2.24) is 9.91 Å². The molecule has 1 atom stereocenters. The van der Waals surface area contributed by atoms with Gasteiger partial charge in [0.1, 0.15) is 24.7 Å². The molecule has 1 aliphatic rings. The number of benzene rings is 2. The highest BCUT2D eigenvalue weighted by atomic mass is 16.5. The van der Waals surface area contributed by atoms with Gasteiger partial charge < -0.3 is 19.1 Å². The zero-order valence-electron chi connectivity index (χ0n) is 18.2. The summed E-state index contributed by atoms with van der Waals surface area (Å²) in [5.74, 6) is 0.866. The zero-order valence-corrected chi connectivity index (χ0v) is 18.2. The summed E-state index contributed by atoms with van der Waals surface area (Å²) in [6.07, 6.45) is 0.522. The highest BCUT2D eigenvalue weighted by Crippen LogP contribution is 2.37. The molecule has 31 heavy (non-hydrogen) atoms. The SMILES string of the molecule is COCC(=O)N(C)CC(=O)N1N=C(c2ccc(OC)cc2)CC1c1ccccc1OC. The number of methoxy groups -OCH3 is 3. The number of nitrogens with zero attached hydrogens (tertiary/aromatic N) is 3. The van der Waals surface area contributed by atoms with Crippen LogP contribution >= 0.6 is 0 Å². The third-order valence-electron chi connectivity index (χ3n) is 5.15. The first-order valence-electron chi connectivity index (χ1n) is 9.88. The van der Waals surface area contributed by atoms with Crippen molar-refractivity contribution in [3.05, 3.63) is 59.7 Å². The summed E-state index contributed by atoms with van der Waals surface area (Å²) in [6, 6.07) is 14.8. The van der Waals surface area contributed by atoms with Gasteiger partial charge in [-0.05, 0) is 35.9 Å². The zero-order chi connectivity index (χ0) is 22.4. The summed E-state index contributed by atoms with van der Waals surface area (Å²) in [5, 5.41) is 6.09. The molecule has 2 aromatic rings. The first-order chi connectivity index (χ1) is 15.0. The number of ether oxygens (including phenoxy) is 3. The van der Waals surface area contributed by atoms with Crippen LogP contribution < -0.4 is 9.47 Å². The van der Waals surface area contributed by atoms with Crippen LogP contribution in [0.15, 0.2) is 53.6 Å². The number of carbonyl (C=O) groups is 2. The number of hydrogen-bond donors (Lipinski definition) is 0. The van der Waals surface area contributed by atoms with E-state index in [1.807, 2.05) is 48.5 Å². The third kappa shape index (κ3) is 5.03. The van der Waals surface area contributed by atoms with E-state index in [9.17, 15) is 9.59 Å². The Morgan fingerprint density at radius 2 is 1.77 bits per heavy atom. The van der Waals surface area contributed by atoms with Crippen molar-refractivity contribution in [2.75, 3.05) is 41.5 Å². The van der Waals surface area contributed by atoms with Gasteiger partial charge in [0, 0.05) is 26.1 Å².